The first kappa shape index (κ1) is 23.8. The predicted molar refractivity (Wildman–Crippen MR) is 156 cm³/mol. The molecule has 1 unspecified atom stereocenters. The van der Waals surface area contributed by atoms with Gasteiger partial charge in [-0.2, -0.15) is 0 Å². The first-order valence-corrected chi connectivity index (χ1v) is 13.0. The van der Waals surface area contributed by atoms with E-state index in [1.165, 1.54) is 61.2 Å². The van der Waals surface area contributed by atoms with E-state index in [4.69, 9.17) is 0 Å². The number of hydrogen-bond acceptors (Lipinski definition) is 0. The molecule has 0 aliphatic rings. The monoisotopic (exact) mass is 466 g/mol. The minimum Gasteiger partial charge on any atom is -0.0648 e. The van der Waals surface area contributed by atoms with Crippen molar-refractivity contribution in [1.82, 2.24) is 0 Å². The minimum atomic E-state index is 0.524. The van der Waals surface area contributed by atoms with Crippen LogP contribution in [-0.2, 0) is 0 Å². The molecule has 178 valence electrons. The summed E-state index contributed by atoms with van der Waals surface area (Å²) in [5.74, 6) is 0.524. The molecule has 36 heavy (non-hydrogen) atoms. The van der Waals surface area contributed by atoms with Gasteiger partial charge in [-0.1, -0.05) is 128 Å². The Balaban J connectivity index is 1.66. The lowest BCUT2D eigenvalue weighted by Crippen LogP contribution is -1.94. The molecule has 0 nitrogen and oxygen atoms in total. The van der Waals surface area contributed by atoms with Crippen molar-refractivity contribution in [3.8, 4) is 44.5 Å². The van der Waals surface area contributed by atoms with Gasteiger partial charge in [0.25, 0.3) is 0 Å². The van der Waals surface area contributed by atoms with Gasteiger partial charge in [0.05, 0.1) is 0 Å². The minimum absolute atomic E-state index is 0.524. The molecular formula is C36H34. The van der Waals surface area contributed by atoms with Crippen molar-refractivity contribution < 1.29 is 0 Å². The lowest BCUT2D eigenvalue weighted by molar-refractivity contribution is 0.734. The summed E-state index contributed by atoms with van der Waals surface area (Å²) in [6.07, 6.45) is 1.13. The van der Waals surface area contributed by atoms with Gasteiger partial charge in [-0.05, 0) is 88.4 Å². The van der Waals surface area contributed by atoms with Crippen molar-refractivity contribution in [3.05, 3.63) is 132 Å². The number of benzene rings is 5. The highest BCUT2D eigenvalue weighted by Crippen LogP contribution is 2.38. The van der Waals surface area contributed by atoms with E-state index in [-0.39, 0.29) is 0 Å². The maximum atomic E-state index is 2.41. The molecular weight excluding hydrogens is 432 g/mol. The van der Waals surface area contributed by atoms with Crippen molar-refractivity contribution >= 4 is 0 Å². The average Bonchev–Trinajstić information content (AvgIpc) is 2.92. The van der Waals surface area contributed by atoms with E-state index < -0.39 is 0 Å². The first-order chi connectivity index (χ1) is 17.5. The molecule has 0 spiro atoms. The third-order valence-corrected chi connectivity index (χ3v) is 7.27. The fraction of sp³-hybridized carbons (Fsp3) is 0.167. The van der Waals surface area contributed by atoms with Crippen LogP contribution in [0.4, 0.5) is 0 Å². The second-order valence-corrected chi connectivity index (χ2v) is 10.0. The van der Waals surface area contributed by atoms with Gasteiger partial charge in [-0.25, -0.2) is 0 Å². The van der Waals surface area contributed by atoms with E-state index >= 15 is 0 Å². The number of aryl methyl sites for hydroxylation is 2. The summed E-state index contributed by atoms with van der Waals surface area (Å²) in [6.45, 7) is 8.89. The third-order valence-electron chi connectivity index (χ3n) is 7.27. The van der Waals surface area contributed by atoms with Crippen molar-refractivity contribution in [2.45, 2.75) is 40.0 Å². The summed E-state index contributed by atoms with van der Waals surface area (Å²) in [7, 11) is 0. The molecule has 0 saturated heterocycles. The maximum absolute atomic E-state index is 2.41. The molecule has 0 saturated carbocycles. The standard InChI is InChI=1S/C36H34/c1-5-27(4)28-18-19-35(33-16-8-14-31(22-33)29-12-6-10-25(2)20-29)36(24-28)34-17-9-15-32(23-34)30-13-7-11-26(3)21-30/h6-24,27H,5H2,1-4H3. The Morgan fingerprint density at radius 3 is 1.42 bits per heavy atom. The van der Waals surface area contributed by atoms with E-state index in [2.05, 4.69) is 143 Å². The van der Waals surface area contributed by atoms with Crippen LogP contribution in [-0.4, -0.2) is 0 Å². The van der Waals surface area contributed by atoms with E-state index in [1.54, 1.807) is 0 Å². The van der Waals surface area contributed by atoms with Crippen LogP contribution in [0.25, 0.3) is 44.5 Å². The van der Waals surface area contributed by atoms with Crippen LogP contribution in [0.1, 0.15) is 42.9 Å². The SMILES string of the molecule is CCC(C)c1ccc(-c2cccc(-c3cccc(C)c3)c2)c(-c2cccc(-c3cccc(C)c3)c2)c1. The Labute approximate surface area is 216 Å². The topological polar surface area (TPSA) is 0 Å². The highest BCUT2D eigenvalue weighted by atomic mass is 14.2. The van der Waals surface area contributed by atoms with Crippen LogP contribution < -0.4 is 0 Å². The molecule has 0 aromatic heterocycles. The lowest BCUT2D eigenvalue weighted by atomic mass is 9.87. The zero-order chi connectivity index (χ0) is 25.1. The highest BCUT2D eigenvalue weighted by Gasteiger charge is 2.13. The van der Waals surface area contributed by atoms with Gasteiger partial charge in [0.1, 0.15) is 0 Å². The Bertz CT molecular complexity index is 1500. The molecule has 0 aliphatic carbocycles. The summed E-state index contributed by atoms with van der Waals surface area (Å²) in [5, 5.41) is 0. The molecule has 0 heteroatoms. The molecule has 0 amide bonds. The smallest absolute Gasteiger partial charge is 0.0102 e. The van der Waals surface area contributed by atoms with Gasteiger partial charge in [-0.15, -0.1) is 0 Å². The quantitative estimate of drug-likeness (QED) is 0.233. The van der Waals surface area contributed by atoms with Crippen LogP contribution >= 0.6 is 0 Å². The van der Waals surface area contributed by atoms with E-state index in [0.717, 1.165) is 6.42 Å². The molecule has 5 aromatic rings. The second-order valence-electron chi connectivity index (χ2n) is 10.0. The molecule has 0 radical (unpaired) electrons. The fourth-order valence-electron chi connectivity index (χ4n) is 4.98. The van der Waals surface area contributed by atoms with Crippen LogP contribution in [0, 0.1) is 13.8 Å². The van der Waals surface area contributed by atoms with Gasteiger partial charge in [-0.3, -0.25) is 0 Å². The maximum Gasteiger partial charge on any atom is -0.0102 e. The van der Waals surface area contributed by atoms with Crippen LogP contribution in [0.15, 0.2) is 115 Å². The Hall–Kier alpha value is -3.90. The molecule has 0 N–H and O–H groups in total. The van der Waals surface area contributed by atoms with Gasteiger partial charge in [0.2, 0.25) is 0 Å². The van der Waals surface area contributed by atoms with Gasteiger partial charge >= 0.3 is 0 Å². The molecule has 0 aliphatic heterocycles. The Morgan fingerprint density at radius 2 is 0.917 bits per heavy atom. The second kappa shape index (κ2) is 10.4. The van der Waals surface area contributed by atoms with Crippen LogP contribution in [0.5, 0.6) is 0 Å². The van der Waals surface area contributed by atoms with Gasteiger partial charge in [0.15, 0.2) is 0 Å². The van der Waals surface area contributed by atoms with E-state index in [1.807, 2.05) is 0 Å². The summed E-state index contributed by atoms with van der Waals surface area (Å²) in [6, 6.07) is 42.5. The Kier molecular flexibility index (Phi) is 6.87. The summed E-state index contributed by atoms with van der Waals surface area (Å²) < 4.78 is 0. The average molecular weight is 467 g/mol. The zero-order valence-corrected chi connectivity index (χ0v) is 21.8. The van der Waals surface area contributed by atoms with Crippen LogP contribution in [0.2, 0.25) is 0 Å². The van der Waals surface area contributed by atoms with Gasteiger partial charge < -0.3 is 0 Å². The molecule has 5 rings (SSSR count). The predicted octanol–water partition coefficient (Wildman–Crippen LogP) is 10.5. The molecule has 0 bridgehead atoms. The first-order valence-electron chi connectivity index (χ1n) is 13.0. The molecule has 5 aromatic carbocycles. The third kappa shape index (κ3) is 5.04. The number of hydrogen-bond donors (Lipinski definition) is 0. The normalized spacial score (nSPS) is 11.9. The molecule has 0 heterocycles. The van der Waals surface area contributed by atoms with Crippen molar-refractivity contribution in [3.63, 3.8) is 0 Å². The van der Waals surface area contributed by atoms with Gasteiger partial charge in [0, 0.05) is 0 Å². The lowest BCUT2D eigenvalue weighted by Gasteiger charge is -2.17. The fourth-order valence-corrected chi connectivity index (χ4v) is 4.98. The summed E-state index contributed by atoms with van der Waals surface area (Å²) >= 11 is 0. The largest absolute Gasteiger partial charge is 0.0648 e. The highest BCUT2D eigenvalue weighted by molar-refractivity contribution is 5.87. The van der Waals surface area contributed by atoms with Crippen LogP contribution in [0.3, 0.4) is 0 Å². The summed E-state index contributed by atoms with van der Waals surface area (Å²) in [4.78, 5) is 0. The van der Waals surface area contributed by atoms with E-state index in [9.17, 15) is 0 Å². The number of rotatable bonds is 6. The molecule has 1 atom stereocenters. The van der Waals surface area contributed by atoms with E-state index in [0.29, 0.717) is 5.92 Å². The summed E-state index contributed by atoms with van der Waals surface area (Å²) in [5.41, 5.74) is 14.1. The zero-order valence-electron chi connectivity index (χ0n) is 21.8. The van der Waals surface area contributed by atoms with Crippen molar-refractivity contribution in [2.24, 2.45) is 0 Å². The van der Waals surface area contributed by atoms with Crippen molar-refractivity contribution in [1.29, 1.82) is 0 Å². The Morgan fingerprint density at radius 1 is 0.472 bits per heavy atom. The van der Waals surface area contributed by atoms with Crippen molar-refractivity contribution in [2.75, 3.05) is 0 Å². The molecule has 0 fully saturated rings.